The normalized spacial score (nSPS) is 21.4. The molecule has 1 saturated heterocycles. The summed E-state index contributed by atoms with van der Waals surface area (Å²) in [6.45, 7) is 3.96. The van der Waals surface area contributed by atoms with Crippen LogP contribution in [0.2, 0.25) is 0 Å². The topological polar surface area (TPSA) is 67.2 Å². The Hall–Kier alpha value is -1.85. The molecular formula is C11H16N4O2. The molecule has 2 amide bonds. The highest BCUT2D eigenvalue weighted by Crippen LogP contribution is 2.20. The van der Waals surface area contributed by atoms with Crippen LogP contribution in [-0.2, 0) is 16.6 Å². The zero-order valence-electron chi connectivity index (χ0n) is 10.2. The first-order valence-electron chi connectivity index (χ1n) is 5.60. The van der Waals surface area contributed by atoms with Gasteiger partial charge in [-0.25, -0.2) is 0 Å². The smallest absolute Gasteiger partial charge is 0.249 e. The number of hydrogen-bond donors (Lipinski definition) is 1. The molecule has 1 aromatic rings. The Balaban J connectivity index is 2.33. The monoisotopic (exact) mass is 236 g/mol. The second-order valence-corrected chi connectivity index (χ2v) is 4.30. The van der Waals surface area contributed by atoms with E-state index in [1.807, 2.05) is 14.0 Å². The van der Waals surface area contributed by atoms with Gasteiger partial charge >= 0.3 is 0 Å². The van der Waals surface area contributed by atoms with Gasteiger partial charge in [0, 0.05) is 26.2 Å². The van der Waals surface area contributed by atoms with Crippen LogP contribution < -0.4 is 10.2 Å². The standard InChI is InChI=1S/C11H16N4O2/c1-7-9(6-14(3)13-7)15-5-4-10(16)12-8(2)11(15)17/h6,8H,4-5H2,1-3H3,(H,12,16). The van der Waals surface area contributed by atoms with Crippen molar-refractivity contribution in [2.24, 2.45) is 7.05 Å². The SMILES string of the molecule is Cc1nn(C)cc1N1CCC(=O)NC(C)C1=O. The molecule has 1 N–H and O–H groups in total. The third-order valence-electron chi connectivity index (χ3n) is 2.85. The van der Waals surface area contributed by atoms with Crippen molar-refractivity contribution in [1.82, 2.24) is 15.1 Å². The maximum Gasteiger partial charge on any atom is 0.249 e. The minimum Gasteiger partial charge on any atom is -0.345 e. The molecule has 1 aromatic heterocycles. The Morgan fingerprint density at radius 2 is 2.18 bits per heavy atom. The van der Waals surface area contributed by atoms with Crippen molar-refractivity contribution in [2.45, 2.75) is 26.3 Å². The van der Waals surface area contributed by atoms with Crippen molar-refractivity contribution < 1.29 is 9.59 Å². The van der Waals surface area contributed by atoms with Crippen molar-refractivity contribution in [3.8, 4) is 0 Å². The molecule has 1 fully saturated rings. The molecule has 1 aliphatic rings. The van der Waals surface area contributed by atoms with Crippen molar-refractivity contribution in [2.75, 3.05) is 11.4 Å². The molecule has 92 valence electrons. The number of hydrogen-bond acceptors (Lipinski definition) is 3. The van der Waals surface area contributed by atoms with Gasteiger partial charge in [-0.2, -0.15) is 5.10 Å². The molecule has 2 rings (SSSR count). The van der Waals surface area contributed by atoms with Gasteiger partial charge in [-0.15, -0.1) is 0 Å². The van der Waals surface area contributed by atoms with Crippen molar-refractivity contribution in [3.05, 3.63) is 11.9 Å². The van der Waals surface area contributed by atoms with Gasteiger partial charge in [-0.05, 0) is 13.8 Å². The lowest BCUT2D eigenvalue weighted by Crippen LogP contribution is -2.42. The van der Waals surface area contributed by atoms with Crippen LogP contribution in [0.1, 0.15) is 19.0 Å². The zero-order chi connectivity index (χ0) is 12.6. The minimum atomic E-state index is -0.482. The van der Waals surface area contributed by atoms with Crippen molar-refractivity contribution >= 4 is 17.5 Å². The fourth-order valence-corrected chi connectivity index (χ4v) is 2.02. The molecule has 6 nitrogen and oxygen atoms in total. The molecule has 2 heterocycles. The molecule has 0 bridgehead atoms. The minimum absolute atomic E-state index is 0.0881. The van der Waals surface area contributed by atoms with Crippen LogP contribution >= 0.6 is 0 Å². The lowest BCUT2D eigenvalue weighted by molar-refractivity contribution is -0.125. The molecule has 0 radical (unpaired) electrons. The van der Waals surface area contributed by atoms with Gasteiger partial charge in [0.05, 0.1) is 11.4 Å². The summed E-state index contributed by atoms with van der Waals surface area (Å²) < 4.78 is 1.67. The Labute approximate surface area is 99.6 Å². The first kappa shape index (κ1) is 11.6. The number of aryl methyl sites for hydroxylation is 2. The van der Waals surface area contributed by atoms with E-state index in [1.165, 1.54) is 0 Å². The number of nitrogens with zero attached hydrogens (tertiary/aromatic N) is 3. The van der Waals surface area contributed by atoms with Crippen LogP contribution in [-0.4, -0.2) is 34.2 Å². The summed E-state index contributed by atoms with van der Waals surface area (Å²) in [7, 11) is 1.81. The first-order valence-corrected chi connectivity index (χ1v) is 5.60. The highest BCUT2D eigenvalue weighted by molar-refractivity contribution is 6.01. The lowest BCUT2D eigenvalue weighted by Gasteiger charge is -2.21. The van der Waals surface area contributed by atoms with Gasteiger partial charge in [0.15, 0.2) is 0 Å². The number of amides is 2. The molecule has 1 unspecified atom stereocenters. The average Bonchev–Trinajstić information content (AvgIpc) is 2.51. The van der Waals surface area contributed by atoms with Crippen LogP contribution in [0.4, 0.5) is 5.69 Å². The summed E-state index contributed by atoms with van der Waals surface area (Å²) in [6, 6.07) is -0.482. The number of nitrogens with one attached hydrogen (secondary N) is 1. The molecule has 6 heteroatoms. The summed E-state index contributed by atoms with van der Waals surface area (Å²) in [5.41, 5.74) is 1.57. The Morgan fingerprint density at radius 3 is 2.76 bits per heavy atom. The summed E-state index contributed by atoms with van der Waals surface area (Å²) in [6.07, 6.45) is 2.13. The maximum absolute atomic E-state index is 12.1. The molecular weight excluding hydrogens is 220 g/mol. The first-order chi connectivity index (χ1) is 7.99. The van der Waals surface area contributed by atoms with E-state index in [2.05, 4.69) is 10.4 Å². The molecule has 0 spiro atoms. The fraction of sp³-hybridized carbons (Fsp3) is 0.545. The second kappa shape index (κ2) is 4.20. The fourth-order valence-electron chi connectivity index (χ4n) is 2.02. The van der Waals surface area contributed by atoms with E-state index in [0.717, 1.165) is 11.4 Å². The van der Waals surface area contributed by atoms with Gasteiger partial charge in [0.1, 0.15) is 6.04 Å². The van der Waals surface area contributed by atoms with Gasteiger partial charge in [-0.1, -0.05) is 0 Å². The third-order valence-corrected chi connectivity index (χ3v) is 2.85. The van der Waals surface area contributed by atoms with E-state index < -0.39 is 6.04 Å². The molecule has 0 aromatic carbocycles. The number of carbonyl (C=O) groups is 2. The summed E-state index contributed by atoms with van der Waals surface area (Å²) in [5.74, 6) is -0.179. The quantitative estimate of drug-likeness (QED) is 0.744. The van der Waals surface area contributed by atoms with Crippen LogP contribution in [0, 0.1) is 6.92 Å². The maximum atomic E-state index is 12.1. The van der Waals surface area contributed by atoms with Gasteiger partial charge in [-0.3, -0.25) is 14.3 Å². The van der Waals surface area contributed by atoms with Crippen LogP contribution in [0.3, 0.4) is 0 Å². The molecule has 1 aliphatic heterocycles. The molecule has 17 heavy (non-hydrogen) atoms. The highest BCUT2D eigenvalue weighted by Gasteiger charge is 2.29. The van der Waals surface area contributed by atoms with Crippen LogP contribution in [0.15, 0.2) is 6.20 Å². The van der Waals surface area contributed by atoms with Gasteiger partial charge in [0.25, 0.3) is 0 Å². The molecule has 1 atom stereocenters. The summed E-state index contributed by atoms with van der Waals surface area (Å²) >= 11 is 0. The van der Waals surface area contributed by atoms with Crippen LogP contribution in [0.5, 0.6) is 0 Å². The second-order valence-electron chi connectivity index (χ2n) is 4.30. The van der Waals surface area contributed by atoms with E-state index in [1.54, 1.807) is 22.7 Å². The number of carbonyl (C=O) groups excluding carboxylic acids is 2. The predicted octanol–water partition coefficient (Wildman–Crippen LogP) is -0.0301. The van der Waals surface area contributed by atoms with E-state index in [4.69, 9.17) is 0 Å². The summed E-state index contributed by atoms with van der Waals surface area (Å²) in [5, 5.41) is 6.87. The van der Waals surface area contributed by atoms with E-state index >= 15 is 0 Å². The molecule has 0 saturated carbocycles. The Bertz CT molecular complexity index is 466. The van der Waals surface area contributed by atoms with E-state index in [9.17, 15) is 9.59 Å². The summed E-state index contributed by atoms with van der Waals surface area (Å²) in [4.78, 5) is 25.2. The van der Waals surface area contributed by atoms with Gasteiger partial charge in [0.2, 0.25) is 11.8 Å². The number of rotatable bonds is 1. The predicted molar refractivity (Wildman–Crippen MR) is 62.5 cm³/mol. The lowest BCUT2D eigenvalue weighted by atomic mass is 10.2. The number of anilines is 1. The largest absolute Gasteiger partial charge is 0.345 e. The Kier molecular flexibility index (Phi) is 2.87. The molecule has 0 aliphatic carbocycles. The highest BCUT2D eigenvalue weighted by atomic mass is 16.2. The van der Waals surface area contributed by atoms with Crippen molar-refractivity contribution in [1.29, 1.82) is 0 Å². The Morgan fingerprint density at radius 1 is 1.47 bits per heavy atom. The average molecular weight is 236 g/mol. The third kappa shape index (κ3) is 2.15. The van der Waals surface area contributed by atoms with Gasteiger partial charge < -0.3 is 10.2 Å². The van der Waals surface area contributed by atoms with E-state index in [0.29, 0.717) is 13.0 Å². The van der Waals surface area contributed by atoms with Crippen molar-refractivity contribution in [3.63, 3.8) is 0 Å². The van der Waals surface area contributed by atoms with E-state index in [-0.39, 0.29) is 11.8 Å². The number of aromatic nitrogens is 2. The zero-order valence-corrected chi connectivity index (χ0v) is 10.2. The van der Waals surface area contributed by atoms with Crippen LogP contribution in [0.25, 0.3) is 0 Å².